The molecule has 3 rings (SSSR count). The summed E-state index contributed by atoms with van der Waals surface area (Å²) in [5, 5.41) is 0. The Morgan fingerprint density at radius 1 is 0.732 bits per heavy atom. The second-order valence-electron chi connectivity index (χ2n) is 11.3. The first-order valence-electron chi connectivity index (χ1n) is 13.3. The minimum Gasteiger partial charge on any atom is -0.462 e. The number of carbonyl (C=O) groups is 1. The van der Waals surface area contributed by atoms with E-state index >= 15 is 0 Å². The number of hydrogen-bond acceptors (Lipinski definition) is 5. The van der Waals surface area contributed by atoms with Gasteiger partial charge in [-0.1, -0.05) is 29.6 Å². The Balaban J connectivity index is 1.88. The lowest BCUT2D eigenvalue weighted by Gasteiger charge is -2.25. The van der Waals surface area contributed by atoms with Gasteiger partial charge in [0.15, 0.2) is 0 Å². The summed E-state index contributed by atoms with van der Waals surface area (Å²) < 4.78 is 18.7. The topological polar surface area (TPSA) is 44.8 Å². The van der Waals surface area contributed by atoms with E-state index < -0.39 is 0 Å². The zero-order valence-corrected chi connectivity index (χ0v) is 26.0. The largest absolute Gasteiger partial charge is 0.462 e. The van der Waals surface area contributed by atoms with E-state index in [1.165, 1.54) is 11.3 Å². The molecule has 0 aliphatic heterocycles. The fourth-order valence-electron chi connectivity index (χ4n) is 3.29. The third kappa shape index (κ3) is 10.4. The van der Waals surface area contributed by atoms with Crippen LogP contribution in [-0.2, 0) is 4.74 Å². The zero-order chi connectivity index (χ0) is 30.0. The lowest BCUT2D eigenvalue weighted by atomic mass is 10.1. The lowest BCUT2D eigenvalue weighted by Crippen LogP contribution is -2.38. The molecule has 1 heterocycles. The quantitative estimate of drug-likeness (QED) is 0.162. The summed E-state index contributed by atoms with van der Waals surface area (Å²) in [7, 11) is 12.4. The van der Waals surface area contributed by atoms with Gasteiger partial charge in [0.25, 0.3) is 0 Å². The van der Waals surface area contributed by atoms with Gasteiger partial charge in [0, 0.05) is 17.7 Å². The second-order valence-corrected chi connectivity index (χ2v) is 12.4. The summed E-state index contributed by atoms with van der Waals surface area (Å²) in [6.07, 6.45) is 0. The van der Waals surface area contributed by atoms with Crippen LogP contribution in [0, 0.1) is 35.5 Å². The van der Waals surface area contributed by atoms with Crippen molar-refractivity contribution in [3.8, 4) is 47.0 Å². The number of nitrogens with zero attached hydrogens (tertiary/aromatic N) is 2. The maximum Gasteiger partial charge on any atom is 0.338 e. The number of hydrogen-bond donors (Lipinski definition) is 0. The van der Waals surface area contributed by atoms with Crippen LogP contribution in [0.2, 0.25) is 0 Å². The first-order chi connectivity index (χ1) is 19.4. The number of quaternary nitrogens is 2. The monoisotopic (exact) mass is 570 g/mol. The van der Waals surface area contributed by atoms with Crippen molar-refractivity contribution in [3.63, 3.8) is 0 Å². The minimum absolute atomic E-state index is 0.334. The molecule has 0 fully saturated rings. The molecule has 0 bridgehead atoms. The van der Waals surface area contributed by atoms with Crippen LogP contribution in [0.4, 0.5) is 0 Å². The zero-order valence-electron chi connectivity index (χ0n) is 25.2. The Bertz CT molecular complexity index is 1560. The van der Waals surface area contributed by atoms with Crippen LogP contribution >= 0.6 is 11.3 Å². The molecule has 41 heavy (non-hydrogen) atoms. The van der Waals surface area contributed by atoms with Gasteiger partial charge >= 0.3 is 5.97 Å². The Morgan fingerprint density at radius 3 is 1.73 bits per heavy atom. The summed E-state index contributed by atoms with van der Waals surface area (Å²) in [4.78, 5) is 13.6. The van der Waals surface area contributed by atoms with Crippen LogP contribution in [0.3, 0.4) is 0 Å². The first-order valence-corrected chi connectivity index (χ1v) is 14.1. The van der Waals surface area contributed by atoms with Gasteiger partial charge in [-0.25, -0.2) is 4.79 Å². The van der Waals surface area contributed by atoms with Gasteiger partial charge in [-0.05, 0) is 50.2 Å². The Morgan fingerprint density at radius 2 is 1.24 bits per heavy atom. The van der Waals surface area contributed by atoms with Crippen molar-refractivity contribution in [3.05, 3.63) is 80.5 Å². The van der Waals surface area contributed by atoms with Crippen molar-refractivity contribution >= 4 is 17.3 Å². The van der Waals surface area contributed by atoms with Gasteiger partial charge in [0.2, 0.25) is 13.5 Å². The number of thiophene rings is 1. The van der Waals surface area contributed by atoms with Crippen LogP contribution in [0.1, 0.15) is 50.7 Å². The van der Waals surface area contributed by atoms with E-state index in [1.807, 2.05) is 36.4 Å². The maximum absolute atomic E-state index is 11.8. The van der Waals surface area contributed by atoms with Crippen molar-refractivity contribution < 1.29 is 28.0 Å². The van der Waals surface area contributed by atoms with E-state index in [0.29, 0.717) is 46.1 Å². The molecule has 7 heteroatoms. The average molecular weight is 571 g/mol. The molecule has 0 atom stereocenters. The molecule has 2 aromatic carbocycles. The van der Waals surface area contributed by atoms with Crippen molar-refractivity contribution in [2.24, 2.45) is 0 Å². The summed E-state index contributed by atoms with van der Waals surface area (Å²) in [5.41, 5.74) is 2.83. The standard InChI is InChI=1S/C34H38N2O4S/c1-9-11-28-22-33(40-25-36(6,7)8)29(23-32(28)39-24-35(3,4)5)17-19-31-21-20-30(41-31)18-14-26-12-15-27(16-13-26)34(37)38-10-2/h12-13,15-16,20-23H,10,24-25H2,1-8H3/q+2. The molecule has 1 aromatic heterocycles. The molecule has 0 saturated carbocycles. The van der Waals surface area contributed by atoms with E-state index in [9.17, 15) is 4.79 Å². The van der Waals surface area contributed by atoms with Gasteiger partial charge < -0.3 is 14.2 Å². The minimum atomic E-state index is -0.334. The van der Waals surface area contributed by atoms with Gasteiger partial charge in [-0.3, -0.25) is 8.97 Å². The summed E-state index contributed by atoms with van der Waals surface area (Å²) in [6, 6.07) is 14.8. The molecule has 6 nitrogen and oxygen atoms in total. The van der Waals surface area contributed by atoms with Crippen LogP contribution in [0.5, 0.6) is 11.5 Å². The second kappa shape index (κ2) is 13.9. The molecule has 0 aliphatic rings. The average Bonchev–Trinajstić information content (AvgIpc) is 3.36. The predicted molar refractivity (Wildman–Crippen MR) is 165 cm³/mol. The van der Waals surface area contributed by atoms with Crippen molar-refractivity contribution in [2.75, 3.05) is 62.4 Å². The summed E-state index contributed by atoms with van der Waals surface area (Å²) in [6.45, 7) is 4.90. The normalized spacial score (nSPS) is 10.7. The lowest BCUT2D eigenvalue weighted by molar-refractivity contribution is -0.886. The third-order valence-corrected chi connectivity index (χ3v) is 6.12. The van der Waals surface area contributed by atoms with Gasteiger partial charge in [-0.15, -0.1) is 17.3 Å². The molecule has 0 unspecified atom stereocenters. The molecule has 0 aliphatic carbocycles. The molecule has 0 N–H and O–H groups in total. The highest BCUT2D eigenvalue weighted by molar-refractivity contribution is 7.13. The highest BCUT2D eigenvalue weighted by atomic mass is 32.1. The molecule has 0 spiro atoms. The highest BCUT2D eigenvalue weighted by Gasteiger charge is 2.16. The van der Waals surface area contributed by atoms with Crippen LogP contribution < -0.4 is 9.47 Å². The Labute approximate surface area is 248 Å². The van der Waals surface area contributed by atoms with Crippen LogP contribution in [0.25, 0.3) is 0 Å². The van der Waals surface area contributed by atoms with E-state index in [-0.39, 0.29) is 5.97 Å². The van der Waals surface area contributed by atoms with Gasteiger partial charge in [0.1, 0.15) is 11.5 Å². The summed E-state index contributed by atoms with van der Waals surface area (Å²) >= 11 is 1.52. The smallest absolute Gasteiger partial charge is 0.338 e. The van der Waals surface area contributed by atoms with E-state index in [4.69, 9.17) is 14.2 Å². The Kier molecular flexibility index (Phi) is 10.6. The van der Waals surface area contributed by atoms with Crippen molar-refractivity contribution in [1.29, 1.82) is 0 Å². The van der Waals surface area contributed by atoms with Crippen LogP contribution in [-0.4, -0.2) is 77.3 Å². The SMILES string of the molecule is CC#Cc1cc(OC[N+](C)(C)C)c(C#Cc2ccc(C#Cc3ccc(C(=O)OCC)cc3)s2)cc1OC[N+](C)(C)C. The first kappa shape index (κ1) is 31.3. The molecule has 212 valence electrons. The Hall–Kier alpha value is -4.19. The van der Waals surface area contributed by atoms with E-state index in [0.717, 1.165) is 26.4 Å². The summed E-state index contributed by atoms with van der Waals surface area (Å²) in [5.74, 6) is 20.0. The molecular formula is C34H38N2O4S+2. The maximum atomic E-state index is 11.8. The molecule has 3 aromatic rings. The number of ether oxygens (including phenoxy) is 3. The molecule has 0 amide bonds. The van der Waals surface area contributed by atoms with E-state index in [1.54, 1.807) is 26.0 Å². The molecule has 0 radical (unpaired) electrons. The number of esters is 1. The van der Waals surface area contributed by atoms with Gasteiger partial charge in [0.05, 0.1) is 75.3 Å². The number of rotatable bonds is 8. The van der Waals surface area contributed by atoms with Crippen molar-refractivity contribution in [2.45, 2.75) is 13.8 Å². The van der Waals surface area contributed by atoms with Gasteiger partial charge in [-0.2, -0.15) is 0 Å². The molecule has 0 saturated heterocycles. The third-order valence-electron chi connectivity index (χ3n) is 5.21. The predicted octanol–water partition coefficient (Wildman–Crippen LogP) is 5.18. The molecular weight excluding hydrogens is 532 g/mol. The van der Waals surface area contributed by atoms with Crippen molar-refractivity contribution in [1.82, 2.24) is 0 Å². The highest BCUT2D eigenvalue weighted by Crippen LogP contribution is 2.29. The fourth-order valence-corrected chi connectivity index (χ4v) is 4.01. The van der Waals surface area contributed by atoms with Crippen LogP contribution in [0.15, 0.2) is 48.5 Å². The number of carbonyl (C=O) groups excluding carboxylic acids is 1. The van der Waals surface area contributed by atoms with E-state index in [2.05, 4.69) is 77.8 Å². The number of benzene rings is 2. The fraction of sp³-hybridized carbons (Fsp3) is 0.324.